The number of rotatable bonds is 6. The third kappa shape index (κ3) is 11.9. The van der Waals surface area contributed by atoms with E-state index in [1.807, 2.05) is 0 Å². The number of hydrogen-bond donors (Lipinski definition) is 0. The van der Waals surface area contributed by atoms with Gasteiger partial charge < -0.3 is 14.2 Å². The largest absolute Gasteiger partial charge is 0.382 e. The molecule has 0 fully saturated rings. The summed E-state index contributed by atoms with van der Waals surface area (Å²) < 4.78 is 14.8. The van der Waals surface area contributed by atoms with Gasteiger partial charge in [0, 0.05) is 21.3 Å². The van der Waals surface area contributed by atoms with Gasteiger partial charge in [0.05, 0.1) is 18.8 Å². The molecule has 0 spiro atoms. The minimum Gasteiger partial charge on any atom is -0.382 e. The van der Waals surface area contributed by atoms with E-state index in [1.165, 1.54) is 0 Å². The second kappa shape index (κ2) is 12.9. The fraction of sp³-hybridized carbons (Fsp3) is 1.00. The van der Waals surface area contributed by atoms with Crippen LogP contribution in [0.3, 0.4) is 0 Å². The number of methoxy groups -OCH3 is 3. The van der Waals surface area contributed by atoms with Crippen LogP contribution in [-0.4, -0.2) is 40.1 Å². The summed E-state index contributed by atoms with van der Waals surface area (Å²) in [7, 11) is 5.11. The molecular weight excluding hydrogens is 180 g/mol. The van der Waals surface area contributed by atoms with Crippen LogP contribution in [-0.2, 0) is 14.2 Å². The second-order valence-corrected chi connectivity index (χ2v) is 3.18. The van der Waals surface area contributed by atoms with Crippen molar-refractivity contribution in [2.75, 3.05) is 27.9 Å². The lowest BCUT2D eigenvalue weighted by Gasteiger charge is -2.09. The van der Waals surface area contributed by atoms with Gasteiger partial charge in [-0.05, 0) is 19.8 Å². The fourth-order valence-corrected chi connectivity index (χ4v) is 0.705. The van der Waals surface area contributed by atoms with Gasteiger partial charge in [0.2, 0.25) is 0 Å². The van der Waals surface area contributed by atoms with Crippen LogP contribution < -0.4 is 0 Å². The zero-order valence-electron chi connectivity index (χ0n) is 10.5. The Morgan fingerprint density at radius 2 is 1.50 bits per heavy atom. The average Bonchev–Trinajstić information content (AvgIpc) is 2.25. The molecule has 0 aromatic heterocycles. The first-order chi connectivity index (χ1) is 6.65. The van der Waals surface area contributed by atoms with Crippen molar-refractivity contribution in [3.63, 3.8) is 0 Å². The van der Waals surface area contributed by atoms with E-state index < -0.39 is 0 Å². The van der Waals surface area contributed by atoms with E-state index in [-0.39, 0.29) is 6.10 Å². The Morgan fingerprint density at radius 3 is 1.57 bits per heavy atom. The maximum Gasteiger partial charge on any atom is 0.0801 e. The molecule has 0 heterocycles. The molecule has 3 nitrogen and oxygen atoms in total. The van der Waals surface area contributed by atoms with Crippen LogP contribution in [0.5, 0.6) is 0 Å². The van der Waals surface area contributed by atoms with Gasteiger partial charge in [0.1, 0.15) is 0 Å². The summed E-state index contributed by atoms with van der Waals surface area (Å²) in [6.45, 7) is 6.94. The van der Waals surface area contributed by atoms with Gasteiger partial charge >= 0.3 is 0 Å². The first-order valence-corrected chi connectivity index (χ1v) is 5.20. The van der Waals surface area contributed by atoms with Crippen LogP contribution in [0, 0.1) is 0 Å². The highest BCUT2D eigenvalue weighted by atomic mass is 16.5. The van der Waals surface area contributed by atoms with E-state index in [0.29, 0.717) is 12.7 Å². The molecule has 0 aliphatic carbocycles. The van der Waals surface area contributed by atoms with Gasteiger partial charge in [0.15, 0.2) is 0 Å². The molecule has 0 bridgehead atoms. The third-order valence-corrected chi connectivity index (χ3v) is 2.12. The van der Waals surface area contributed by atoms with Gasteiger partial charge in [-0.2, -0.15) is 0 Å². The first kappa shape index (κ1) is 16.3. The Bertz CT molecular complexity index is 88.5. The average molecular weight is 206 g/mol. The number of ether oxygens (including phenoxy) is 3. The van der Waals surface area contributed by atoms with Gasteiger partial charge in [-0.3, -0.25) is 0 Å². The van der Waals surface area contributed by atoms with Crippen molar-refractivity contribution in [2.24, 2.45) is 0 Å². The van der Waals surface area contributed by atoms with E-state index in [4.69, 9.17) is 14.2 Å². The van der Waals surface area contributed by atoms with E-state index in [0.717, 1.165) is 12.8 Å². The Hall–Kier alpha value is -0.120. The first-order valence-electron chi connectivity index (χ1n) is 5.20. The molecule has 0 saturated carbocycles. The van der Waals surface area contributed by atoms with E-state index in [9.17, 15) is 0 Å². The zero-order chi connectivity index (χ0) is 11.4. The highest BCUT2D eigenvalue weighted by Crippen LogP contribution is 1.94. The van der Waals surface area contributed by atoms with Crippen molar-refractivity contribution in [3.05, 3.63) is 0 Å². The second-order valence-electron chi connectivity index (χ2n) is 3.18. The molecule has 0 radical (unpaired) electrons. The number of hydrogen-bond acceptors (Lipinski definition) is 3. The van der Waals surface area contributed by atoms with Crippen LogP contribution in [0.15, 0.2) is 0 Å². The van der Waals surface area contributed by atoms with Crippen molar-refractivity contribution in [1.82, 2.24) is 0 Å². The quantitative estimate of drug-likeness (QED) is 0.668. The molecule has 0 saturated heterocycles. The van der Waals surface area contributed by atoms with Crippen LogP contribution in [0.25, 0.3) is 0 Å². The highest BCUT2D eigenvalue weighted by Gasteiger charge is 2.00. The summed E-state index contributed by atoms with van der Waals surface area (Å²) in [5, 5.41) is 0. The predicted molar refractivity (Wildman–Crippen MR) is 59.7 cm³/mol. The normalized spacial score (nSPS) is 14.1. The summed E-state index contributed by atoms with van der Waals surface area (Å²) in [5.74, 6) is 0. The van der Waals surface area contributed by atoms with Gasteiger partial charge in [-0.1, -0.05) is 13.8 Å². The van der Waals surface area contributed by atoms with Crippen LogP contribution in [0.2, 0.25) is 0 Å². The summed E-state index contributed by atoms with van der Waals surface area (Å²) in [6.07, 6.45) is 2.84. The Kier molecular flexibility index (Phi) is 15.0. The fourth-order valence-electron chi connectivity index (χ4n) is 0.705. The lowest BCUT2D eigenvalue weighted by molar-refractivity contribution is 0.0265. The Balaban J connectivity index is 0. The molecule has 0 rings (SSSR count). The topological polar surface area (TPSA) is 27.7 Å². The molecule has 3 heteroatoms. The van der Waals surface area contributed by atoms with E-state index >= 15 is 0 Å². The molecule has 14 heavy (non-hydrogen) atoms. The van der Waals surface area contributed by atoms with Crippen molar-refractivity contribution < 1.29 is 14.2 Å². The van der Waals surface area contributed by atoms with Crippen molar-refractivity contribution >= 4 is 0 Å². The van der Waals surface area contributed by atoms with Crippen LogP contribution in [0.1, 0.15) is 33.6 Å². The van der Waals surface area contributed by atoms with Crippen LogP contribution >= 0.6 is 0 Å². The molecule has 0 aromatic rings. The summed E-state index contributed by atoms with van der Waals surface area (Å²) in [4.78, 5) is 0. The monoisotopic (exact) mass is 206 g/mol. The maximum atomic E-state index is 5.01. The summed E-state index contributed by atoms with van der Waals surface area (Å²) >= 11 is 0. The Labute approximate surface area is 88.7 Å². The summed E-state index contributed by atoms with van der Waals surface area (Å²) in [6, 6.07) is 0. The molecular formula is C11H26O3. The Morgan fingerprint density at radius 1 is 0.929 bits per heavy atom. The lowest BCUT2D eigenvalue weighted by Crippen LogP contribution is -2.15. The third-order valence-electron chi connectivity index (χ3n) is 2.12. The molecule has 0 amide bonds. The molecule has 0 aliphatic rings. The van der Waals surface area contributed by atoms with E-state index in [2.05, 4.69) is 20.8 Å². The smallest absolute Gasteiger partial charge is 0.0801 e. The van der Waals surface area contributed by atoms with Gasteiger partial charge in [-0.15, -0.1) is 0 Å². The van der Waals surface area contributed by atoms with Crippen molar-refractivity contribution in [1.29, 1.82) is 0 Å². The van der Waals surface area contributed by atoms with E-state index in [1.54, 1.807) is 21.3 Å². The summed E-state index contributed by atoms with van der Waals surface area (Å²) in [5.41, 5.74) is 0. The molecule has 2 unspecified atom stereocenters. The van der Waals surface area contributed by atoms with Crippen molar-refractivity contribution in [3.8, 4) is 0 Å². The zero-order valence-corrected chi connectivity index (χ0v) is 10.5. The molecule has 0 aromatic carbocycles. The lowest BCUT2D eigenvalue weighted by atomic mass is 10.3. The SMILES string of the molecule is CCC(C)OC.CCC(COC)OC. The molecule has 2 atom stereocenters. The van der Waals surface area contributed by atoms with Crippen molar-refractivity contribution in [2.45, 2.75) is 45.8 Å². The van der Waals surface area contributed by atoms with Gasteiger partial charge in [-0.25, -0.2) is 0 Å². The molecule has 0 aliphatic heterocycles. The molecule has 0 N–H and O–H groups in total. The minimum atomic E-state index is 0.278. The minimum absolute atomic E-state index is 0.278. The predicted octanol–water partition coefficient (Wildman–Crippen LogP) is 2.49. The van der Waals surface area contributed by atoms with Gasteiger partial charge in [0.25, 0.3) is 0 Å². The molecule has 88 valence electrons. The maximum absolute atomic E-state index is 5.01. The van der Waals surface area contributed by atoms with Crippen LogP contribution in [0.4, 0.5) is 0 Å². The highest BCUT2D eigenvalue weighted by molar-refractivity contribution is 4.49. The standard InChI is InChI=1S/C6H14O2.C5H12O/c1-4-6(8-3)5-7-2;1-4-5(2)6-3/h6H,4-5H2,1-3H3;5H,4H2,1-3H3.